The van der Waals surface area contributed by atoms with Gasteiger partial charge >= 0.3 is 0 Å². The zero-order chi connectivity index (χ0) is 11.7. The Bertz CT molecular complexity index is 403. The second kappa shape index (κ2) is 4.25. The van der Waals surface area contributed by atoms with E-state index in [1.807, 2.05) is 17.9 Å². The molecule has 0 radical (unpaired) electrons. The van der Waals surface area contributed by atoms with Gasteiger partial charge in [-0.3, -0.25) is 4.79 Å². The summed E-state index contributed by atoms with van der Waals surface area (Å²) in [6.07, 6.45) is 1.71. The number of hydrogen-bond donors (Lipinski definition) is 1. The van der Waals surface area contributed by atoms with Crippen LogP contribution in [0, 0.1) is 6.92 Å². The molecule has 0 aliphatic carbocycles. The molecule has 1 saturated heterocycles. The van der Waals surface area contributed by atoms with Crippen molar-refractivity contribution in [2.24, 2.45) is 5.73 Å². The second-order valence-corrected chi connectivity index (χ2v) is 4.23. The van der Waals surface area contributed by atoms with Crippen molar-refractivity contribution in [3.8, 4) is 0 Å². The number of nitrogens with zero attached hydrogens (tertiary/aromatic N) is 3. The zero-order valence-corrected chi connectivity index (χ0v) is 9.74. The lowest BCUT2D eigenvalue weighted by atomic mass is 10.2. The summed E-state index contributed by atoms with van der Waals surface area (Å²) in [7, 11) is 0. The van der Waals surface area contributed by atoms with Crippen LogP contribution in [0.1, 0.15) is 18.5 Å². The SMILES string of the molecule is Cc1cc(N2CCC[C@H]2C(N)=O)nc(Cl)n1. The summed E-state index contributed by atoms with van der Waals surface area (Å²) < 4.78 is 0. The molecule has 5 nitrogen and oxygen atoms in total. The Morgan fingerprint density at radius 2 is 2.38 bits per heavy atom. The number of amides is 1. The standard InChI is InChI=1S/C10H13ClN4O/c1-6-5-8(14-10(11)13-6)15-4-2-3-7(15)9(12)16/h5,7H,2-4H2,1H3,(H2,12,16)/t7-/m0/s1. The highest BCUT2D eigenvalue weighted by Crippen LogP contribution is 2.24. The van der Waals surface area contributed by atoms with Crippen LogP contribution in [0.25, 0.3) is 0 Å². The fraction of sp³-hybridized carbons (Fsp3) is 0.500. The van der Waals surface area contributed by atoms with Crippen molar-refractivity contribution in [2.45, 2.75) is 25.8 Å². The molecule has 1 fully saturated rings. The molecule has 86 valence electrons. The molecule has 6 heteroatoms. The lowest BCUT2D eigenvalue weighted by Crippen LogP contribution is -2.40. The van der Waals surface area contributed by atoms with E-state index in [1.54, 1.807) is 0 Å². The van der Waals surface area contributed by atoms with Crippen LogP contribution in [-0.4, -0.2) is 28.5 Å². The molecule has 16 heavy (non-hydrogen) atoms. The first-order valence-electron chi connectivity index (χ1n) is 5.15. The molecule has 1 aliphatic heterocycles. The van der Waals surface area contributed by atoms with Gasteiger partial charge in [0.15, 0.2) is 0 Å². The number of anilines is 1. The number of hydrogen-bond acceptors (Lipinski definition) is 4. The van der Waals surface area contributed by atoms with Gasteiger partial charge in [-0.15, -0.1) is 0 Å². The van der Waals surface area contributed by atoms with Gasteiger partial charge in [-0.05, 0) is 31.4 Å². The minimum atomic E-state index is -0.315. The normalized spacial score (nSPS) is 20.1. The van der Waals surface area contributed by atoms with Crippen LogP contribution in [-0.2, 0) is 4.79 Å². The van der Waals surface area contributed by atoms with Crippen molar-refractivity contribution in [3.63, 3.8) is 0 Å². The Morgan fingerprint density at radius 3 is 3.00 bits per heavy atom. The maximum Gasteiger partial charge on any atom is 0.240 e. The highest BCUT2D eigenvalue weighted by Gasteiger charge is 2.30. The smallest absolute Gasteiger partial charge is 0.240 e. The summed E-state index contributed by atoms with van der Waals surface area (Å²) in [6.45, 7) is 2.62. The van der Waals surface area contributed by atoms with Gasteiger partial charge in [-0.25, -0.2) is 9.97 Å². The Kier molecular flexibility index (Phi) is 2.96. The Labute approximate surface area is 98.6 Å². The maximum absolute atomic E-state index is 11.3. The summed E-state index contributed by atoms with van der Waals surface area (Å²) in [5.41, 5.74) is 6.13. The van der Waals surface area contributed by atoms with Crippen molar-refractivity contribution in [1.29, 1.82) is 0 Å². The number of primary amides is 1. The van der Waals surface area contributed by atoms with Gasteiger partial charge in [0.2, 0.25) is 11.2 Å². The van der Waals surface area contributed by atoms with E-state index >= 15 is 0 Å². The maximum atomic E-state index is 11.3. The van der Waals surface area contributed by atoms with Crippen molar-refractivity contribution in [2.75, 3.05) is 11.4 Å². The molecule has 2 rings (SSSR count). The summed E-state index contributed by atoms with van der Waals surface area (Å²) in [6, 6.07) is 1.54. The predicted molar refractivity (Wildman–Crippen MR) is 61.3 cm³/mol. The van der Waals surface area contributed by atoms with Crippen LogP contribution in [0.3, 0.4) is 0 Å². The fourth-order valence-corrected chi connectivity index (χ4v) is 2.22. The molecule has 1 atom stereocenters. The molecule has 2 N–H and O–H groups in total. The summed E-state index contributed by atoms with van der Waals surface area (Å²) >= 11 is 5.79. The van der Waals surface area contributed by atoms with Crippen molar-refractivity contribution >= 4 is 23.3 Å². The first kappa shape index (κ1) is 11.1. The predicted octanol–water partition coefficient (Wildman–Crippen LogP) is 0.893. The van der Waals surface area contributed by atoms with Crippen LogP contribution in [0.2, 0.25) is 5.28 Å². The molecule has 0 spiro atoms. The number of aryl methyl sites for hydroxylation is 1. The molecule has 0 aromatic carbocycles. The first-order chi connectivity index (χ1) is 7.58. The van der Waals surface area contributed by atoms with Crippen LogP contribution in [0.15, 0.2) is 6.07 Å². The molecular weight excluding hydrogens is 228 g/mol. The molecule has 1 aliphatic rings. The quantitative estimate of drug-likeness (QED) is 0.780. The van der Waals surface area contributed by atoms with Gasteiger partial charge in [0.25, 0.3) is 0 Å². The molecule has 2 heterocycles. The van der Waals surface area contributed by atoms with Crippen LogP contribution < -0.4 is 10.6 Å². The minimum Gasteiger partial charge on any atom is -0.368 e. The van der Waals surface area contributed by atoms with Gasteiger partial charge < -0.3 is 10.6 Å². The fourth-order valence-electron chi connectivity index (χ4n) is 2.00. The second-order valence-electron chi connectivity index (χ2n) is 3.89. The van der Waals surface area contributed by atoms with Crippen molar-refractivity contribution in [3.05, 3.63) is 17.0 Å². The average Bonchev–Trinajstić information content (AvgIpc) is 2.63. The van der Waals surface area contributed by atoms with Crippen molar-refractivity contribution in [1.82, 2.24) is 9.97 Å². The van der Waals surface area contributed by atoms with Crippen LogP contribution in [0.5, 0.6) is 0 Å². The molecule has 1 amide bonds. The van der Waals surface area contributed by atoms with E-state index in [-0.39, 0.29) is 17.2 Å². The third-order valence-electron chi connectivity index (χ3n) is 2.69. The summed E-state index contributed by atoms with van der Waals surface area (Å²) in [5.74, 6) is 0.365. The zero-order valence-electron chi connectivity index (χ0n) is 8.98. The molecule has 0 unspecified atom stereocenters. The van der Waals surface area contributed by atoms with E-state index in [4.69, 9.17) is 17.3 Å². The number of aromatic nitrogens is 2. The molecular formula is C10H13ClN4O. The Morgan fingerprint density at radius 1 is 1.62 bits per heavy atom. The Balaban J connectivity index is 2.32. The minimum absolute atomic E-state index is 0.199. The highest BCUT2D eigenvalue weighted by atomic mass is 35.5. The first-order valence-corrected chi connectivity index (χ1v) is 5.53. The highest BCUT2D eigenvalue weighted by molar-refractivity contribution is 6.28. The van der Waals surface area contributed by atoms with E-state index in [2.05, 4.69) is 9.97 Å². The van der Waals surface area contributed by atoms with Crippen LogP contribution in [0.4, 0.5) is 5.82 Å². The third kappa shape index (κ3) is 2.09. The number of nitrogens with two attached hydrogens (primary N) is 1. The van der Waals surface area contributed by atoms with Gasteiger partial charge in [0, 0.05) is 18.3 Å². The third-order valence-corrected chi connectivity index (χ3v) is 2.86. The largest absolute Gasteiger partial charge is 0.368 e. The number of halogens is 1. The van der Waals surface area contributed by atoms with Gasteiger partial charge in [-0.2, -0.15) is 0 Å². The van der Waals surface area contributed by atoms with Gasteiger partial charge in [0.05, 0.1) is 0 Å². The number of carbonyl (C=O) groups excluding carboxylic acids is 1. The van der Waals surface area contributed by atoms with E-state index in [0.717, 1.165) is 25.1 Å². The number of rotatable bonds is 2. The van der Waals surface area contributed by atoms with Gasteiger partial charge in [0.1, 0.15) is 11.9 Å². The summed E-state index contributed by atoms with van der Waals surface area (Å²) in [4.78, 5) is 21.3. The lowest BCUT2D eigenvalue weighted by molar-refractivity contribution is -0.119. The summed E-state index contributed by atoms with van der Waals surface area (Å²) in [5, 5.41) is 0.199. The Hall–Kier alpha value is -1.36. The molecule has 1 aromatic rings. The molecule has 0 bridgehead atoms. The van der Waals surface area contributed by atoms with E-state index in [1.165, 1.54) is 0 Å². The molecule has 1 aromatic heterocycles. The van der Waals surface area contributed by atoms with Crippen molar-refractivity contribution < 1.29 is 4.79 Å². The van der Waals surface area contributed by atoms with E-state index in [9.17, 15) is 4.79 Å². The van der Waals surface area contributed by atoms with E-state index in [0.29, 0.717) is 5.82 Å². The lowest BCUT2D eigenvalue weighted by Gasteiger charge is -2.23. The number of carbonyl (C=O) groups is 1. The monoisotopic (exact) mass is 240 g/mol. The average molecular weight is 241 g/mol. The topological polar surface area (TPSA) is 72.1 Å². The van der Waals surface area contributed by atoms with E-state index < -0.39 is 0 Å². The molecule has 0 saturated carbocycles. The van der Waals surface area contributed by atoms with Crippen LogP contribution >= 0.6 is 11.6 Å². The van der Waals surface area contributed by atoms with Gasteiger partial charge in [-0.1, -0.05) is 0 Å².